The first-order valence-electron chi connectivity index (χ1n) is 6.34. The molecule has 4 rings (SSSR count). The van der Waals surface area contributed by atoms with E-state index < -0.39 is 0 Å². The Kier molecular flexibility index (Phi) is 2.70. The second kappa shape index (κ2) is 4.68. The van der Waals surface area contributed by atoms with E-state index >= 15 is 0 Å². The van der Waals surface area contributed by atoms with E-state index in [1.807, 2.05) is 29.8 Å². The minimum absolute atomic E-state index is 0.314. The van der Waals surface area contributed by atoms with Gasteiger partial charge >= 0.3 is 0 Å². The van der Waals surface area contributed by atoms with Gasteiger partial charge in [0.2, 0.25) is 6.79 Å². The highest BCUT2D eigenvalue weighted by Crippen LogP contribution is 2.32. The van der Waals surface area contributed by atoms with Crippen LogP contribution in [0.25, 0.3) is 10.2 Å². The molecule has 0 bridgehead atoms. The van der Waals surface area contributed by atoms with E-state index in [1.54, 1.807) is 11.3 Å². The molecule has 1 aliphatic heterocycles. The van der Waals surface area contributed by atoms with Crippen LogP contribution in [0.5, 0.6) is 11.5 Å². The summed E-state index contributed by atoms with van der Waals surface area (Å²) in [5, 5.41) is 3.42. The van der Waals surface area contributed by atoms with Crippen molar-refractivity contribution >= 4 is 27.2 Å². The molecule has 20 heavy (non-hydrogen) atoms. The Balaban J connectivity index is 1.52. The topological polar surface area (TPSA) is 43.4 Å². The Bertz CT molecular complexity index is 769. The molecule has 0 fully saturated rings. The zero-order valence-electron chi connectivity index (χ0n) is 10.6. The van der Waals surface area contributed by atoms with Crippen LogP contribution in [0.4, 0.5) is 5.69 Å². The summed E-state index contributed by atoms with van der Waals surface area (Å²) >= 11 is 1.65. The van der Waals surface area contributed by atoms with Crippen molar-refractivity contribution in [1.29, 1.82) is 0 Å². The summed E-state index contributed by atoms with van der Waals surface area (Å²) in [5.41, 5.74) is 5.17. The number of aromatic nitrogens is 1. The zero-order chi connectivity index (χ0) is 13.4. The number of anilines is 1. The maximum atomic E-state index is 5.38. The number of benzene rings is 2. The summed E-state index contributed by atoms with van der Waals surface area (Å²) in [4.78, 5) is 4.28. The summed E-state index contributed by atoms with van der Waals surface area (Å²) < 4.78 is 11.9. The third-order valence-corrected chi connectivity index (χ3v) is 4.06. The van der Waals surface area contributed by atoms with E-state index in [0.29, 0.717) is 6.79 Å². The number of hydrogen-bond donors (Lipinski definition) is 1. The molecule has 0 saturated heterocycles. The molecule has 3 aromatic rings. The van der Waals surface area contributed by atoms with Crippen molar-refractivity contribution in [2.24, 2.45) is 0 Å². The quantitative estimate of drug-likeness (QED) is 0.797. The number of nitrogens with zero attached hydrogens (tertiary/aromatic N) is 1. The molecule has 0 unspecified atom stereocenters. The number of ether oxygens (including phenoxy) is 2. The standard InChI is InChI=1S/C15H12N2O2S/c1-4-13-14(19-9-18-13)5-10(1)7-16-11-2-3-12-15(6-11)20-8-17-12/h1-6,8,16H,7,9H2. The highest BCUT2D eigenvalue weighted by Gasteiger charge is 2.12. The Hall–Kier alpha value is -2.27. The molecule has 0 spiro atoms. The van der Waals surface area contributed by atoms with E-state index in [9.17, 15) is 0 Å². The average Bonchev–Trinajstić information content (AvgIpc) is 3.12. The van der Waals surface area contributed by atoms with Gasteiger partial charge in [0.25, 0.3) is 0 Å². The minimum Gasteiger partial charge on any atom is -0.454 e. The summed E-state index contributed by atoms with van der Waals surface area (Å²) in [6.45, 7) is 1.06. The number of fused-ring (bicyclic) bond motifs is 2. The summed E-state index contributed by atoms with van der Waals surface area (Å²) in [7, 11) is 0. The van der Waals surface area contributed by atoms with Crippen LogP contribution in [0.2, 0.25) is 0 Å². The van der Waals surface area contributed by atoms with Gasteiger partial charge in [0.1, 0.15) is 0 Å². The average molecular weight is 284 g/mol. The van der Waals surface area contributed by atoms with Crippen LogP contribution < -0.4 is 14.8 Å². The molecule has 2 aromatic carbocycles. The van der Waals surface area contributed by atoms with Crippen molar-refractivity contribution in [2.75, 3.05) is 12.1 Å². The molecule has 1 aliphatic rings. The fourth-order valence-electron chi connectivity index (χ4n) is 2.22. The molecule has 0 radical (unpaired) electrons. The van der Waals surface area contributed by atoms with Crippen LogP contribution >= 0.6 is 11.3 Å². The van der Waals surface area contributed by atoms with E-state index in [1.165, 1.54) is 10.3 Å². The monoisotopic (exact) mass is 284 g/mol. The van der Waals surface area contributed by atoms with Crippen LogP contribution in [0, 0.1) is 0 Å². The zero-order valence-corrected chi connectivity index (χ0v) is 11.4. The number of nitrogens with one attached hydrogen (secondary N) is 1. The SMILES string of the molecule is c1nc2ccc(NCc3ccc4c(c3)OCO4)cc2s1. The van der Waals surface area contributed by atoms with Gasteiger partial charge in [-0.1, -0.05) is 6.07 Å². The maximum Gasteiger partial charge on any atom is 0.231 e. The van der Waals surface area contributed by atoms with Crippen molar-refractivity contribution in [2.45, 2.75) is 6.54 Å². The summed E-state index contributed by atoms with van der Waals surface area (Å²) in [5.74, 6) is 1.64. The van der Waals surface area contributed by atoms with Crippen LogP contribution in [0.1, 0.15) is 5.56 Å². The van der Waals surface area contributed by atoms with Gasteiger partial charge in [0.15, 0.2) is 11.5 Å². The second-order valence-electron chi connectivity index (χ2n) is 4.58. The third-order valence-electron chi connectivity index (χ3n) is 3.26. The van der Waals surface area contributed by atoms with Gasteiger partial charge in [-0.3, -0.25) is 0 Å². The molecule has 1 aromatic heterocycles. The predicted molar refractivity (Wildman–Crippen MR) is 79.5 cm³/mol. The number of hydrogen-bond acceptors (Lipinski definition) is 5. The minimum atomic E-state index is 0.314. The Morgan fingerprint density at radius 1 is 1.10 bits per heavy atom. The van der Waals surface area contributed by atoms with Gasteiger partial charge in [0.05, 0.1) is 15.7 Å². The highest BCUT2D eigenvalue weighted by atomic mass is 32.1. The molecular formula is C15H12N2O2S. The molecule has 1 N–H and O–H groups in total. The summed E-state index contributed by atoms with van der Waals surface area (Å²) in [6.07, 6.45) is 0. The Morgan fingerprint density at radius 3 is 3.05 bits per heavy atom. The molecule has 4 nitrogen and oxygen atoms in total. The fraction of sp³-hybridized carbons (Fsp3) is 0.133. The lowest BCUT2D eigenvalue weighted by Crippen LogP contribution is -1.99. The van der Waals surface area contributed by atoms with Crippen LogP contribution in [-0.4, -0.2) is 11.8 Å². The summed E-state index contributed by atoms with van der Waals surface area (Å²) in [6, 6.07) is 12.2. The van der Waals surface area contributed by atoms with Crippen LogP contribution in [0.15, 0.2) is 41.9 Å². The lowest BCUT2D eigenvalue weighted by molar-refractivity contribution is 0.174. The number of rotatable bonds is 3. The van der Waals surface area contributed by atoms with Gasteiger partial charge in [-0.25, -0.2) is 4.98 Å². The van der Waals surface area contributed by atoms with Crippen molar-refractivity contribution in [3.63, 3.8) is 0 Å². The first-order valence-corrected chi connectivity index (χ1v) is 7.22. The first kappa shape index (κ1) is 11.5. The van der Waals surface area contributed by atoms with E-state index in [2.05, 4.69) is 22.4 Å². The van der Waals surface area contributed by atoms with Crippen molar-refractivity contribution in [3.8, 4) is 11.5 Å². The van der Waals surface area contributed by atoms with Crippen molar-refractivity contribution < 1.29 is 9.47 Å². The highest BCUT2D eigenvalue weighted by molar-refractivity contribution is 7.16. The van der Waals surface area contributed by atoms with Gasteiger partial charge in [-0.05, 0) is 35.9 Å². The maximum absolute atomic E-state index is 5.38. The Morgan fingerprint density at radius 2 is 2.05 bits per heavy atom. The molecule has 0 aliphatic carbocycles. The molecular weight excluding hydrogens is 272 g/mol. The normalized spacial score (nSPS) is 12.8. The van der Waals surface area contributed by atoms with E-state index in [4.69, 9.17) is 9.47 Å². The largest absolute Gasteiger partial charge is 0.454 e. The van der Waals surface area contributed by atoms with Crippen molar-refractivity contribution in [1.82, 2.24) is 4.98 Å². The van der Waals surface area contributed by atoms with Gasteiger partial charge in [-0.2, -0.15) is 0 Å². The van der Waals surface area contributed by atoms with Crippen molar-refractivity contribution in [3.05, 3.63) is 47.5 Å². The van der Waals surface area contributed by atoms with Gasteiger partial charge < -0.3 is 14.8 Å². The van der Waals surface area contributed by atoms with E-state index in [0.717, 1.165) is 29.2 Å². The fourth-order valence-corrected chi connectivity index (χ4v) is 2.94. The van der Waals surface area contributed by atoms with Gasteiger partial charge in [-0.15, -0.1) is 11.3 Å². The molecule has 2 heterocycles. The second-order valence-corrected chi connectivity index (χ2v) is 5.46. The third kappa shape index (κ3) is 2.06. The van der Waals surface area contributed by atoms with Gasteiger partial charge in [0, 0.05) is 12.2 Å². The smallest absolute Gasteiger partial charge is 0.231 e. The first-order chi connectivity index (χ1) is 9.88. The molecule has 100 valence electrons. The predicted octanol–water partition coefficient (Wildman–Crippen LogP) is 3.64. The number of thiazole rings is 1. The lowest BCUT2D eigenvalue weighted by atomic mass is 10.2. The molecule has 0 saturated carbocycles. The van der Waals surface area contributed by atoms with Crippen LogP contribution in [-0.2, 0) is 6.54 Å². The molecule has 0 atom stereocenters. The molecule has 0 amide bonds. The Labute approximate surface area is 120 Å². The lowest BCUT2D eigenvalue weighted by Gasteiger charge is -2.07. The van der Waals surface area contributed by atoms with E-state index in [-0.39, 0.29) is 0 Å². The van der Waals surface area contributed by atoms with Crippen LogP contribution in [0.3, 0.4) is 0 Å². The molecule has 5 heteroatoms.